The van der Waals surface area contributed by atoms with Crippen LogP contribution in [0.2, 0.25) is 0 Å². The van der Waals surface area contributed by atoms with Gasteiger partial charge in [0.05, 0.1) is 7.11 Å². The molecule has 1 aliphatic heterocycles. The van der Waals surface area contributed by atoms with Crippen LogP contribution in [0.1, 0.15) is 40.2 Å². The number of methoxy groups -OCH3 is 1. The lowest BCUT2D eigenvalue weighted by Gasteiger charge is -2.35. The van der Waals surface area contributed by atoms with Crippen LogP contribution in [0.5, 0.6) is 5.75 Å². The van der Waals surface area contributed by atoms with E-state index in [1.807, 2.05) is 23.1 Å². The average molecular weight is 513 g/mol. The molecule has 0 amide bonds. The van der Waals surface area contributed by atoms with Gasteiger partial charge >= 0.3 is 0 Å². The van der Waals surface area contributed by atoms with Crippen LogP contribution in [-0.4, -0.2) is 7.11 Å². The molecule has 8 rings (SSSR count). The summed E-state index contributed by atoms with van der Waals surface area (Å²) >= 11 is 3.91. The maximum Gasteiger partial charge on any atom is 0.118 e. The first-order valence-corrected chi connectivity index (χ1v) is 14.5. The molecule has 0 bridgehead atoms. The van der Waals surface area contributed by atoms with Crippen LogP contribution >= 0.6 is 23.1 Å². The molecule has 0 fully saturated rings. The van der Waals surface area contributed by atoms with Crippen molar-refractivity contribution in [3.05, 3.63) is 135 Å². The number of allylic oxidation sites excluding steroid dienone is 4. The van der Waals surface area contributed by atoms with Crippen molar-refractivity contribution in [3.8, 4) is 5.75 Å². The third kappa shape index (κ3) is 3.31. The minimum absolute atomic E-state index is 0.372. The first-order valence-electron chi connectivity index (χ1n) is 12.7. The highest BCUT2D eigenvalue weighted by atomic mass is 32.2. The van der Waals surface area contributed by atoms with Gasteiger partial charge in [-0.2, -0.15) is 0 Å². The quantitative estimate of drug-likeness (QED) is 0.233. The maximum atomic E-state index is 5.46. The molecule has 2 heterocycles. The zero-order valence-corrected chi connectivity index (χ0v) is 22.1. The highest BCUT2D eigenvalue weighted by Gasteiger charge is 2.33. The van der Waals surface area contributed by atoms with Crippen LogP contribution in [0, 0.1) is 0 Å². The summed E-state index contributed by atoms with van der Waals surface area (Å²) in [4.78, 5) is 1.45. The van der Waals surface area contributed by atoms with Crippen LogP contribution in [0.25, 0.3) is 31.3 Å². The molecule has 0 spiro atoms. The smallest absolute Gasteiger partial charge is 0.118 e. The number of thioether (sulfide) groups is 1. The fraction of sp³-hybridized carbons (Fsp3) is 0.118. The van der Waals surface area contributed by atoms with E-state index in [9.17, 15) is 0 Å². The Hall–Kier alpha value is -3.53. The molecule has 4 aromatic carbocycles. The average Bonchev–Trinajstić information content (AvgIpc) is 3.32. The standard InChI is InChI=1S/C34H24OS2/c1-35-23-12-10-20(11-13-23)26-14-22-15-33-30(24-7-3-2-6-21(24)19-36-33)16-27(22)29-18-34-31(17-28(26)29)25-8-4-5-9-32(25)37-34/h2-15,17-18,27H,16,19H2,1H3. The largest absolute Gasteiger partial charge is 0.497 e. The zero-order chi connectivity index (χ0) is 24.5. The van der Waals surface area contributed by atoms with Crippen molar-refractivity contribution in [2.24, 2.45) is 0 Å². The SMILES string of the molecule is COc1ccc(C2=CC3=CC4=C(CC3c3cc5sc6ccccc6c5cc32)c2ccccc2CS4)cc1. The predicted octanol–water partition coefficient (Wildman–Crippen LogP) is 9.58. The van der Waals surface area contributed by atoms with Crippen LogP contribution in [0.15, 0.2) is 108 Å². The van der Waals surface area contributed by atoms with Gasteiger partial charge in [-0.25, -0.2) is 0 Å². The summed E-state index contributed by atoms with van der Waals surface area (Å²) < 4.78 is 8.20. The van der Waals surface area contributed by atoms with Gasteiger partial charge in [0.15, 0.2) is 0 Å². The van der Waals surface area contributed by atoms with E-state index in [2.05, 4.69) is 97.1 Å². The Bertz CT molecular complexity index is 1830. The second-order valence-electron chi connectivity index (χ2n) is 10.0. The summed E-state index contributed by atoms with van der Waals surface area (Å²) in [6.07, 6.45) is 5.99. The Morgan fingerprint density at radius 1 is 0.784 bits per heavy atom. The number of benzene rings is 4. The van der Waals surface area contributed by atoms with E-state index in [0.29, 0.717) is 5.92 Å². The number of hydrogen-bond donors (Lipinski definition) is 0. The Morgan fingerprint density at radius 2 is 1.62 bits per heavy atom. The van der Waals surface area contributed by atoms with Crippen molar-refractivity contribution in [1.82, 2.24) is 0 Å². The van der Waals surface area contributed by atoms with Gasteiger partial charge in [-0.15, -0.1) is 23.1 Å². The predicted molar refractivity (Wildman–Crippen MR) is 160 cm³/mol. The van der Waals surface area contributed by atoms with Crippen molar-refractivity contribution in [1.29, 1.82) is 0 Å². The minimum atomic E-state index is 0.372. The fourth-order valence-corrected chi connectivity index (χ4v) is 8.51. The normalized spacial score (nSPS) is 18.0. The lowest BCUT2D eigenvalue weighted by Crippen LogP contribution is -2.16. The first-order chi connectivity index (χ1) is 18.3. The molecule has 178 valence electrons. The van der Waals surface area contributed by atoms with Crippen LogP contribution in [-0.2, 0) is 5.75 Å². The van der Waals surface area contributed by atoms with Crippen LogP contribution < -0.4 is 4.74 Å². The van der Waals surface area contributed by atoms with Gasteiger partial charge in [0.2, 0.25) is 0 Å². The number of rotatable bonds is 2. The van der Waals surface area contributed by atoms with Gasteiger partial charge in [-0.1, -0.05) is 54.6 Å². The molecule has 1 unspecified atom stereocenters. The summed E-state index contributed by atoms with van der Waals surface area (Å²) in [5.74, 6) is 2.32. The van der Waals surface area contributed by atoms with E-state index >= 15 is 0 Å². The van der Waals surface area contributed by atoms with Crippen molar-refractivity contribution in [3.63, 3.8) is 0 Å². The zero-order valence-electron chi connectivity index (χ0n) is 20.5. The van der Waals surface area contributed by atoms with E-state index in [4.69, 9.17) is 4.74 Å². The molecule has 0 N–H and O–H groups in total. The molecule has 0 saturated heterocycles. The van der Waals surface area contributed by atoms with E-state index in [1.54, 1.807) is 7.11 Å². The van der Waals surface area contributed by atoms with E-state index < -0.39 is 0 Å². The lowest BCUT2D eigenvalue weighted by atomic mass is 9.72. The van der Waals surface area contributed by atoms with Gasteiger partial charge in [0.25, 0.3) is 0 Å². The number of ether oxygens (including phenoxy) is 1. The molecule has 37 heavy (non-hydrogen) atoms. The topological polar surface area (TPSA) is 9.23 Å². The molecule has 5 aromatic rings. The number of hydrogen-bond acceptors (Lipinski definition) is 3. The molecule has 3 heteroatoms. The molecule has 0 radical (unpaired) electrons. The molecular formula is C34H24OS2. The van der Waals surface area contributed by atoms with Crippen molar-refractivity contribution in [2.45, 2.75) is 18.1 Å². The Kier molecular flexibility index (Phi) is 4.80. The fourth-order valence-electron chi connectivity index (χ4n) is 6.22. The summed E-state index contributed by atoms with van der Waals surface area (Å²) in [7, 11) is 1.73. The molecular weight excluding hydrogens is 489 g/mol. The Labute approximate surface area is 224 Å². The third-order valence-electron chi connectivity index (χ3n) is 8.06. The second-order valence-corrected chi connectivity index (χ2v) is 12.1. The highest BCUT2D eigenvalue weighted by molar-refractivity contribution is 8.02. The number of thiophene rings is 1. The summed E-state index contributed by atoms with van der Waals surface area (Å²) in [6.45, 7) is 0. The van der Waals surface area contributed by atoms with Gasteiger partial charge in [0.1, 0.15) is 5.75 Å². The van der Waals surface area contributed by atoms with Crippen molar-refractivity contribution < 1.29 is 4.74 Å². The van der Waals surface area contributed by atoms with Gasteiger partial charge < -0.3 is 4.74 Å². The Morgan fingerprint density at radius 3 is 2.51 bits per heavy atom. The lowest BCUT2D eigenvalue weighted by molar-refractivity contribution is 0.415. The summed E-state index contributed by atoms with van der Waals surface area (Å²) in [5, 5.41) is 2.72. The minimum Gasteiger partial charge on any atom is -0.497 e. The number of fused-ring (bicyclic) bond motifs is 8. The van der Waals surface area contributed by atoms with Crippen LogP contribution in [0.3, 0.4) is 0 Å². The van der Waals surface area contributed by atoms with Gasteiger partial charge in [-0.3, -0.25) is 0 Å². The van der Waals surface area contributed by atoms with E-state index in [-0.39, 0.29) is 0 Å². The monoisotopic (exact) mass is 512 g/mol. The first kappa shape index (κ1) is 21.5. The molecule has 1 atom stereocenters. The molecule has 1 aromatic heterocycles. The van der Waals surface area contributed by atoms with Crippen molar-refractivity contribution >= 4 is 54.4 Å². The van der Waals surface area contributed by atoms with E-state index in [0.717, 1.165) is 17.9 Å². The molecule has 0 saturated carbocycles. The maximum absolute atomic E-state index is 5.46. The summed E-state index contributed by atoms with van der Waals surface area (Å²) in [5.41, 5.74) is 11.2. The van der Waals surface area contributed by atoms with Crippen LogP contribution in [0.4, 0.5) is 0 Å². The summed E-state index contributed by atoms with van der Waals surface area (Å²) in [6, 6.07) is 31.3. The highest BCUT2D eigenvalue weighted by Crippen LogP contribution is 2.53. The van der Waals surface area contributed by atoms with Gasteiger partial charge in [-0.05, 0) is 93.4 Å². The Balaban J connectivity index is 1.37. The van der Waals surface area contributed by atoms with Gasteiger partial charge in [0, 0.05) is 36.7 Å². The molecule has 2 aliphatic carbocycles. The second kappa shape index (κ2) is 8.24. The van der Waals surface area contributed by atoms with Crippen molar-refractivity contribution in [2.75, 3.05) is 7.11 Å². The van der Waals surface area contributed by atoms with E-state index in [1.165, 1.54) is 69.6 Å². The third-order valence-corrected chi connectivity index (χ3v) is 10.3. The molecule has 3 aliphatic rings. The molecule has 1 nitrogen and oxygen atoms in total.